The number of benzene rings is 1. The minimum absolute atomic E-state index is 0.0616. The van der Waals surface area contributed by atoms with Crippen LogP contribution in [0.5, 0.6) is 0 Å². The molecule has 0 heterocycles. The van der Waals surface area contributed by atoms with Crippen molar-refractivity contribution in [3.8, 4) is 0 Å². The second-order valence-corrected chi connectivity index (χ2v) is 6.52. The van der Waals surface area contributed by atoms with E-state index in [1.807, 2.05) is 0 Å². The molecule has 1 saturated carbocycles. The smallest absolute Gasteiger partial charge is 0.307 e. The summed E-state index contributed by atoms with van der Waals surface area (Å²) in [5, 5.41) is 11.4. The minimum Gasteiger partial charge on any atom is -0.481 e. The van der Waals surface area contributed by atoms with E-state index in [1.54, 1.807) is 13.8 Å². The van der Waals surface area contributed by atoms with Crippen LogP contribution in [0.2, 0.25) is 0 Å². The molecule has 6 nitrogen and oxygen atoms in total. The molecular formula is C16H18F2N2O4. The van der Waals surface area contributed by atoms with Crippen LogP contribution in [0, 0.1) is 28.9 Å². The van der Waals surface area contributed by atoms with Crippen molar-refractivity contribution in [1.29, 1.82) is 0 Å². The number of carbonyl (C=O) groups is 3. The Labute approximate surface area is 137 Å². The van der Waals surface area contributed by atoms with Crippen LogP contribution in [0.3, 0.4) is 0 Å². The Balaban J connectivity index is 1.97. The zero-order chi connectivity index (χ0) is 18.2. The maximum atomic E-state index is 13.1. The van der Waals surface area contributed by atoms with Gasteiger partial charge in [-0.1, -0.05) is 13.8 Å². The SMILES string of the molecule is CN(CC(=O)Nc1cc(F)cc(F)c1)C(=O)[C@@H]1[C@H](C(=O)O)C1(C)C. The van der Waals surface area contributed by atoms with Crippen molar-refractivity contribution in [3.63, 3.8) is 0 Å². The van der Waals surface area contributed by atoms with Gasteiger partial charge in [0.1, 0.15) is 11.6 Å². The number of carboxylic acids is 1. The number of nitrogens with one attached hydrogen (secondary N) is 1. The summed E-state index contributed by atoms with van der Waals surface area (Å²) in [5.74, 6) is -5.29. The number of carbonyl (C=O) groups excluding carboxylic acids is 2. The fourth-order valence-electron chi connectivity index (χ4n) is 2.92. The first-order valence-electron chi connectivity index (χ1n) is 7.27. The molecule has 0 saturated heterocycles. The number of hydrogen-bond acceptors (Lipinski definition) is 3. The number of hydrogen-bond donors (Lipinski definition) is 2. The third-order valence-corrected chi connectivity index (χ3v) is 4.26. The Kier molecular flexibility index (Phi) is 4.59. The second kappa shape index (κ2) is 6.18. The third-order valence-electron chi connectivity index (χ3n) is 4.26. The van der Waals surface area contributed by atoms with Crippen molar-refractivity contribution < 1.29 is 28.3 Å². The molecule has 130 valence electrons. The van der Waals surface area contributed by atoms with Crippen LogP contribution in [0.25, 0.3) is 0 Å². The minimum atomic E-state index is -1.05. The first-order chi connectivity index (χ1) is 11.0. The van der Waals surface area contributed by atoms with Crippen molar-refractivity contribution >= 4 is 23.5 Å². The van der Waals surface area contributed by atoms with Gasteiger partial charge in [-0.15, -0.1) is 0 Å². The van der Waals surface area contributed by atoms with E-state index in [2.05, 4.69) is 5.32 Å². The first kappa shape index (κ1) is 17.8. The number of nitrogens with zero attached hydrogens (tertiary/aromatic N) is 1. The fourth-order valence-corrected chi connectivity index (χ4v) is 2.92. The maximum absolute atomic E-state index is 13.1. The van der Waals surface area contributed by atoms with Crippen molar-refractivity contribution in [2.75, 3.05) is 18.9 Å². The largest absolute Gasteiger partial charge is 0.481 e. The molecule has 2 rings (SSSR count). The van der Waals surface area contributed by atoms with Gasteiger partial charge in [-0.25, -0.2) is 8.78 Å². The van der Waals surface area contributed by atoms with Gasteiger partial charge in [-0.05, 0) is 17.5 Å². The lowest BCUT2D eigenvalue weighted by molar-refractivity contribution is -0.142. The van der Waals surface area contributed by atoms with Gasteiger partial charge in [0.05, 0.1) is 18.4 Å². The van der Waals surface area contributed by atoms with Crippen LogP contribution >= 0.6 is 0 Å². The monoisotopic (exact) mass is 340 g/mol. The van der Waals surface area contributed by atoms with E-state index in [0.29, 0.717) is 6.07 Å². The highest BCUT2D eigenvalue weighted by atomic mass is 19.1. The molecule has 0 radical (unpaired) electrons. The lowest BCUT2D eigenvalue weighted by Gasteiger charge is -2.17. The third kappa shape index (κ3) is 3.52. The first-order valence-corrected chi connectivity index (χ1v) is 7.27. The number of likely N-dealkylation sites (N-methyl/N-ethyl adjacent to an activating group) is 1. The Morgan fingerprint density at radius 1 is 1.17 bits per heavy atom. The van der Waals surface area contributed by atoms with Crippen LogP contribution in [0.4, 0.5) is 14.5 Å². The van der Waals surface area contributed by atoms with Crippen molar-refractivity contribution in [2.24, 2.45) is 17.3 Å². The number of anilines is 1. The summed E-state index contributed by atoms with van der Waals surface area (Å²) < 4.78 is 26.2. The molecule has 1 aliphatic carbocycles. The molecule has 1 aromatic rings. The average molecular weight is 340 g/mol. The standard InChI is InChI=1S/C16H18F2N2O4/c1-16(2)12(13(16)15(23)24)14(22)20(3)7-11(21)19-10-5-8(17)4-9(18)6-10/h4-6,12-13H,7H2,1-3H3,(H,19,21)(H,23,24)/t12-,13+/m0/s1. The lowest BCUT2D eigenvalue weighted by Crippen LogP contribution is -2.37. The van der Waals surface area contributed by atoms with Gasteiger partial charge >= 0.3 is 5.97 Å². The van der Waals surface area contributed by atoms with E-state index in [0.717, 1.165) is 17.0 Å². The molecule has 0 unspecified atom stereocenters. The van der Waals surface area contributed by atoms with Gasteiger partial charge in [0, 0.05) is 18.8 Å². The molecule has 0 bridgehead atoms. The molecule has 2 N–H and O–H groups in total. The van der Waals surface area contributed by atoms with Gasteiger partial charge in [0.15, 0.2) is 0 Å². The highest BCUT2D eigenvalue weighted by Gasteiger charge is 2.66. The molecule has 0 spiro atoms. The average Bonchev–Trinajstić information content (AvgIpc) is 2.99. The summed E-state index contributed by atoms with van der Waals surface area (Å²) in [7, 11) is 1.38. The number of aliphatic carboxylic acids is 1. The summed E-state index contributed by atoms with van der Waals surface area (Å²) >= 11 is 0. The van der Waals surface area contributed by atoms with Crippen LogP contribution in [-0.2, 0) is 14.4 Å². The molecule has 1 aromatic carbocycles. The van der Waals surface area contributed by atoms with E-state index in [4.69, 9.17) is 5.11 Å². The highest BCUT2D eigenvalue weighted by Crippen LogP contribution is 2.58. The van der Waals surface area contributed by atoms with Crippen molar-refractivity contribution in [3.05, 3.63) is 29.8 Å². The van der Waals surface area contributed by atoms with Crippen LogP contribution in [0.15, 0.2) is 18.2 Å². The van der Waals surface area contributed by atoms with Gasteiger partial charge < -0.3 is 15.3 Å². The quantitative estimate of drug-likeness (QED) is 0.854. The summed E-state index contributed by atoms with van der Waals surface area (Å²) in [6.07, 6.45) is 0. The fraction of sp³-hybridized carbons (Fsp3) is 0.438. The molecule has 8 heteroatoms. The van der Waals surface area contributed by atoms with Gasteiger partial charge in [0.2, 0.25) is 11.8 Å². The van der Waals surface area contributed by atoms with Crippen molar-refractivity contribution in [2.45, 2.75) is 13.8 Å². The molecule has 24 heavy (non-hydrogen) atoms. The maximum Gasteiger partial charge on any atom is 0.307 e. The number of carboxylic acid groups (broad SMARTS) is 1. The Morgan fingerprint density at radius 3 is 2.17 bits per heavy atom. The predicted octanol–water partition coefficient (Wildman–Crippen LogP) is 1.72. The zero-order valence-corrected chi connectivity index (χ0v) is 13.5. The lowest BCUT2D eigenvalue weighted by atomic mass is 10.1. The molecule has 0 aliphatic heterocycles. The Hall–Kier alpha value is -2.51. The van der Waals surface area contributed by atoms with E-state index in [1.165, 1.54) is 7.05 Å². The van der Waals surface area contributed by atoms with Crippen molar-refractivity contribution in [1.82, 2.24) is 4.90 Å². The number of rotatable bonds is 5. The molecule has 1 aliphatic rings. The topological polar surface area (TPSA) is 86.7 Å². The summed E-state index contributed by atoms with van der Waals surface area (Å²) in [6, 6.07) is 2.58. The molecule has 2 amide bonds. The zero-order valence-electron chi connectivity index (χ0n) is 13.5. The summed E-state index contributed by atoms with van der Waals surface area (Å²) in [4.78, 5) is 36.4. The van der Waals surface area contributed by atoms with Crippen LogP contribution in [-0.4, -0.2) is 41.4 Å². The normalized spacial score (nSPS) is 21.0. The van der Waals surface area contributed by atoms with Crippen LogP contribution < -0.4 is 5.32 Å². The Bertz CT molecular complexity index is 685. The molecule has 1 fully saturated rings. The van der Waals surface area contributed by atoms with E-state index >= 15 is 0 Å². The van der Waals surface area contributed by atoms with E-state index in [-0.39, 0.29) is 12.2 Å². The summed E-state index contributed by atoms with van der Waals surface area (Å²) in [6.45, 7) is 3.01. The van der Waals surface area contributed by atoms with E-state index in [9.17, 15) is 23.2 Å². The molecular weight excluding hydrogens is 322 g/mol. The predicted molar refractivity (Wildman–Crippen MR) is 81.0 cm³/mol. The summed E-state index contributed by atoms with van der Waals surface area (Å²) in [5.41, 5.74) is -0.729. The molecule has 0 aromatic heterocycles. The van der Waals surface area contributed by atoms with E-state index < -0.39 is 46.7 Å². The number of halogens is 2. The number of amides is 2. The van der Waals surface area contributed by atoms with Gasteiger partial charge in [0.25, 0.3) is 0 Å². The second-order valence-electron chi connectivity index (χ2n) is 6.52. The van der Waals surface area contributed by atoms with Crippen LogP contribution in [0.1, 0.15) is 13.8 Å². The Morgan fingerprint density at radius 2 is 1.71 bits per heavy atom. The highest BCUT2D eigenvalue weighted by molar-refractivity contribution is 5.97. The van der Waals surface area contributed by atoms with Gasteiger partial charge in [-0.2, -0.15) is 0 Å². The van der Waals surface area contributed by atoms with Gasteiger partial charge in [-0.3, -0.25) is 14.4 Å². The molecule has 2 atom stereocenters.